The van der Waals surface area contributed by atoms with Gasteiger partial charge in [0.05, 0.1) is 6.61 Å². The zero-order chi connectivity index (χ0) is 9.68. The van der Waals surface area contributed by atoms with Crippen molar-refractivity contribution in [1.82, 2.24) is 4.98 Å². The second-order valence-corrected chi connectivity index (χ2v) is 3.14. The molecule has 72 valence electrons. The zero-order valence-electron chi connectivity index (χ0n) is 8.58. The van der Waals surface area contributed by atoms with Gasteiger partial charge in [0, 0.05) is 11.8 Å². The van der Waals surface area contributed by atoms with Gasteiger partial charge in [-0.1, -0.05) is 19.9 Å². The van der Waals surface area contributed by atoms with Crippen LogP contribution in [-0.2, 0) is 0 Å². The van der Waals surface area contributed by atoms with E-state index in [-0.39, 0.29) is 0 Å². The smallest absolute Gasteiger partial charge is 0.216 e. The lowest BCUT2D eigenvalue weighted by Gasteiger charge is -2.12. The Morgan fingerprint density at radius 1 is 1.46 bits per heavy atom. The van der Waals surface area contributed by atoms with E-state index in [0.29, 0.717) is 12.5 Å². The Morgan fingerprint density at radius 2 is 2.23 bits per heavy atom. The van der Waals surface area contributed by atoms with Gasteiger partial charge in [0.15, 0.2) is 0 Å². The van der Waals surface area contributed by atoms with Gasteiger partial charge >= 0.3 is 0 Å². The molecule has 0 bridgehead atoms. The summed E-state index contributed by atoms with van der Waals surface area (Å²) in [5.41, 5.74) is 1.21. The van der Waals surface area contributed by atoms with Crippen LogP contribution < -0.4 is 4.74 Å². The van der Waals surface area contributed by atoms with Crippen molar-refractivity contribution in [3.63, 3.8) is 0 Å². The minimum atomic E-state index is 0.523. The summed E-state index contributed by atoms with van der Waals surface area (Å²) < 4.78 is 5.45. The summed E-state index contributed by atoms with van der Waals surface area (Å²) in [6, 6.07) is 4.05. The van der Waals surface area contributed by atoms with Crippen LogP contribution in [0.5, 0.6) is 5.88 Å². The second-order valence-electron chi connectivity index (χ2n) is 3.14. The van der Waals surface area contributed by atoms with Gasteiger partial charge in [-0.3, -0.25) is 0 Å². The van der Waals surface area contributed by atoms with Crippen LogP contribution in [0.15, 0.2) is 18.3 Å². The summed E-state index contributed by atoms with van der Waals surface area (Å²) in [6.07, 6.45) is 2.89. The van der Waals surface area contributed by atoms with Crippen molar-refractivity contribution in [2.75, 3.05) is 6.61 Å². The Labute approximate surface area is 80.0 Å². The van der Waals surface area contributed by atoms with Crippen molar-refractivity contribution in [1.29, 1.82) is 0 Å². The van der Waals surface area contributed by atoms with E-state index in [2.05, 4.69) is 24.9 Å². The second kappa shape index (κ2) is 4.85. The molecular formula is C11H17NO. The van der Waals surface area contributed by atoms with Crippen LogP contribution in [0.1, 0.15) is 38.7 Å². The molecule has 0 spiro atoms. The predicted octanol–water partition coefficient (Wildman–Crippen LogP) is 2.99. The maximum absolute atomic E-state index is 5.45. The molecule has 0 aliphatic heterocycles. The van der Waals surface area contributed by atoms with Gasteiger partial charge in [-0.25, -0.2) is 4.98 Å². The van der Waals surface area contributed by atoms with Crippen LogP contribution >= 0.6 is 0 Å². The first-order valence-corrected chi connectivity index (χ1v) is 4.87. The fourth-order valence-electron chi connectivity index (χ4n) is 1.26. The van der Waals surface area contributed by atoms with E-state index in [1.165, 1.54) is 5.56 Å². The third-order valence-electron chi connectivity index (χ3n) is 2.22. The highest BCUT2D eigenvalue weighted by Gasteiger charge is 2.09. The lowest BCUT2D eigenvalue weighted by Crippen LogP contribution is -2.01. The van der Waals surface area contributed by atoms with E-state index < -0.39 is 0 Å². The Hall–Kier alpha value is -1.05. The molecule has 0 fully saturated rings. The van der Waals surface area contributed by atoms with Crippen molar-refractivity contribution in [3.8, 4) is 5.88 Å². The molecule has 1 aromatic rings. The number of hydrogen-bond acceptors (Lipinski definition) is 2. The zero-order valence-corrected chi connectivity index (χ0v) is 8.58. The van der Waals surface area contributed by atoms with Crippen molar-refractivity contribution < 1.29 is 4.74 Å². The monoisotopic (exact) mass is 179 g/mol. The molecule has 0 saturated carbocycles. The number of nitrogens with zero attached hydrogens (tertiary/aromatic N) is 1. The van der Waals surface area contributed by atoms with E-state index in [1.54, 1.807) is 6.20 Å². The van der Waals surface area contributed by atoms with E-state index >= 15 is 0 Å². The van der Waals surface area contributed by atoms with Gasteiger partial charge in [0.2, 0.25) is 5.88 Å². The number of pyridine rings is 1. The standard InChI is InChI=1S/C11H17NO/c1-4-9(3)10-7-6-8-12-11(10)13-5-2/h6-9H,4-5H2,1-3H3/t9-/m1/s1. The van der Waals surface area contributed by atoms with E-state index in [0.717, 1.165) is 12.3 Å². The highest BCUT2D eigenvalue weighted by atomic mass is 16.5. The van der Waals surface area contributed by atoms with Crippen molar-refractivity contribution in [2.24, 2.45) is 0 Å². The van der Waals surface area contributed by atoms with Crippen LogP contribution in [0.4, 0.5) is 0 Å². The molecule has 0 aromatic carbocycles. The predicted molar refractivity (Wildman–Crippen MR) is 54.1 cm³/mol. The molecule has 1 aromatic heterocycles. The van der Waals surface area contributed by atoms with E-state index in [1.807, 2.05) is 13.0 Å². The van der Waals surface area contributed by atoms with Crippen molar-refractivity contribution in [2.45, 2.75) is 33.1 Å². The topological polar surface area (TPSA) is 22.1 Å². The molecule has 0 saturated heterocycles. The molecule has 1 rings (SSSR count). The molecule has 0 N–H and O–H groups in total. The minimum Gasteiger partial charge on any atom is -0.478 e. The molecule has 1 heterocycles. The summed E-state index contributed by atoms with van der Waals surface area (Å²) in [4.78, 5) is 4.22. The third-order valence-corrected chi connectivity index (χ3v) is 2.22. The van der Waals surface area contributed by atoms with E-state index in [9.17, 15) is 0 Å². The van der Waals surface area contributed by atoms with Gasteiger partial charge in [-0.15, -0.1) is 0 Å². The molecule has 0 aliphatic carbocycles. The number of aromatic nitrogens is 1. The van der Waals surface area contributed by atoms with Gasteiger partial charge < -0.3 is 4.74 Å². The fraction of sp³-hybridized carbons (Fsp3) is 0.545. The average Bonchev–Trinajstić information content (AvgIpc) is 2.18. The summed E-state index contributed by atoms with van der Waals surface area (Å²) in [5, 5.41) is 0. The number of ether oxygens (including phenoxy) is 1. The first-order chi connectivity index (χ1) is 6.29. The molecular weight excluding hydrogens is 162 g/mol. The summed E-state index contributed by atoms with van der Waals surface area (Å²) >= 11 is 0. The SMILES string of the molecule is CCOc1ncccc1[C@H](C)CC. The molecule has 0 unspecified atom stereocenters. The Balaban J connectivity index is 2.90. The van der Waals surface area contributed by atoms with Crippen LogP contribution in [0.25, 0.3) is 0 Å². The van der Waals surface area contributed by atoms with Crippen molar-refractivity contribution >= 4 is 0 Å². The lowest BCUT2D eigenvalue weighted by molar-refractivity contribution is 0.320. The van der Waals surface area contributed by atoms with Crippen LogP contribution in [0.3, 0.4) is 0 Å². The minimum absolute atomic E-state index is 0.523. The highest BCUT2D eigenvalue weighted by molar-refractivity contribution is 5.28. The first kappa shape index (κ1) is 10.0. The number of hydrogen-bond donors (Lipinski definition) is 0. The molecule has 0 amide bonds. The Morgan fingerprint density at radius 3 is 2.85 bits per heavy atom. The Kier molecular flexibility index (Phi) is 3.74. The van der Waals surface area contributed by atoms with Crippen LogP contribution in [0.2, 0.25) is 0 Å². The highest BCUT2D eigenvalue weighted by Crippen LogP contribution is 2.25. The maximum atomic E-state index is 5.45. The molecule has 0 radical (unpaired) electrons. The Bertz CT molecular complexity index is 260. The normalized spacial score (nSPS) is 12.5. The largest absolute Gasteiger partial charge is 0.478 e. The number of rotatable bonds is 4. The first-order valence-electron chi connectivity index (χ1n) is 4.87. The molecule has 2 nitrogen and oxygen atoms in total. The summed E-state index contributed by atoms with van der Waals surface area (Å²) in [5.74, 6) is 1.31. The quantitative estimate of drug-likeness (QED) is 0.708. The van der Waals surface area contributed by atoms with E-state index in [4.69, 9.17) is 4.74 Å². The maximum Gasteiger partial charge on any atom is 0.216 e. The summed E-state index contributed by atoms with van der Waals surface area (Å²) in [7, 11) is 0. The third kappa shape index (κ3) is 2.44. The van der Waals surface area contributed by atoms with Gasteiger partial charge in [0.1, 0.15) is 0 Å². The van der Waals surface area contributed by atoms with Crippen LogP contribution in [0, 0.1) is 0 Å². The average molecular weight is 179 g/mol. The molecule has 13 heavy (non-hydrogen) atoms. The van der Waals surface area contributed by atoms with Gasteiger partial charge in [-0.2, -0.15) is 0 Å². The van der Waals surface area contributed by atoms with Crippen LogP contribution in [-0.4, -0.2) is 11.6 Å². The lowest BCUT2D eigenvalue weighted by atomic mass is 10.0. The molecule has 2 heteroatoms. The summed E-state index contributed by atoms with van der Waals surface area (Å²) in [6.45, 7) is 7.03. The molecule has 1 atom stereocenters. The van der Waals surface area contributed by atoms with Gasteiger partial charge in [-0.05, 0) is 25.3 Å². The fourth-order valence-corrected chi connectivity index (χ4v) is 1.26. The molecule has 0 aliphatic rings. The van der Waals surface area contributed by atoms with Gasteiger partial charge in [0.25, 0.3) is 0 Å². The van der Waals surface area contributed by atoms with Crippen molar-refractivity contribution in [3.05, 3.63) is 23.9 Å².